The minimum Gasteiger partial charge on any atom is -0.462 e. The van der Waals surface area contributed by atoms with Gasteiger partial charge in [0.05, 0.1) is 0 Å². The molecule has 0 saturated carbocycles. The highest BCUT2D eigenvalue weighted by atomic mass is 16.6. The fourth-order valence-corrected chi connectivity index (χ4v) is 5.55. The Labute approximate surface area is 372 Å². The van der Waals surface area contributed by atoms with Gasteiger partial charge in [0.1, 0.15) is 13.2 Å². The van der Waals surface area contributed by atoms with E-state index in [2.05, 4.69) is 106 Å². The van der Waals surface area contributed by atoms with Crippen LogP contribution in [0.4, 0.5) is 0 Å². The van der Waals surface area contributed by atoms with Gasteiger partial charge in [-0.05, 0) is 89.9 Å². The van der Waals surface area contributed by atoms with Crippen molar-refractivity contribution in [3.63, 3.8) is 0 Å². The van der Waals surface area contributed by atoms with Crippen LogP contribution in [0.15, 0.2) is 146 Å². The van der Waals surface area contributed by atoms with E-state index in [1.807, 2.05) is 60.8 Å². The van der Waals surface area contributed by atoms with E-state index >= 15 is 0 Å². The lowest BCUT2D eigenvalue weighted by Crippen LogP contribution is -2.30. The van der Waals surface area contributed by atoms with Crippen LogP contribution in [-0.2, 0) is 28.6 Å². The number of hydrogen-bond acceptors (Lipinski definition) is 6. The minimum absolute atomic E-state index is 0.138. The molecule has 0 aliphatic carbocycles. The zero-order chi connectivity index (χ0) is 44.4. The van der Waals surface area contributed by atoms with Crippen molar-refractivity contribution in [3.05, 3.63) is 146 Å². The Morgan fingerprint density at radius 1 is 0.361 bits per heavy atom. The summed E-state index contributed by atoms with van der Waals surface area (Å²) >= 11 is 0. The first-order valence-electron chi connectivity index (χ1n) is 23.5. The van der Waals surface area contributed by atoms with Crippen molar-refractivity contribution in [3.8, 4) is 0 Å². The SMILES string of the molecule is CC\C=C/C=C\C=C/C=C\C=C/CCCC(=O)OC(COC(=O)CCCC/C=C\C/C=C\C/C=C\CC)COC(=O)CCCCCCC\C=C/C=C\C=C/C=C\CCCCC. The van der Waals surface area contributed by atoms with E-state index in [1.165, 1.54) is 19.3 Å². The van der Waals surface area contributed by atoms with Crippen LogP contribution in [0.3, 0.4) is 0 Å². The highest BCUT2D eigenvalue weighted by Gasteiger charge is 2.19. The number of allylic oxidation sites excluding steroid dienone is 24. The largest absolute Gasteiger partial charge is 0.462 e. The van der Waals surface area contributed by atoms with Crippen LogP contribution < -0.4 is 0 Å². The normalized spacial score (nSPS) is 13.4. The number of unbranched alkanes of at least 4 members (excludes halogenated alkanes) is 11. The van der Waals surface area contributed by atoms with Crippen molar-refractivity contribution >= 4 is 17.9 Å². The summed E-state index contributed by atoms with van der Waals surface area (Å²) in [5.41, 5.74) is 0. The van der Waals surface area contributed by atoms with E-state index in [0.29, 0.717) is 25.7 Å². The van der Waals surface area contributed by atoms with Gasteiger partial charge in [-0.3, -0.25) is 14.4 Å². The molecule has 0 fully saturated rings. The molecule has 0 aliphatic heterocycles. The van der Waals surface area contributed by atoms with Crippen molar-refractivity contribution in [2.24, 2.45) is 0 Å². The van der Waals surface area contributed by atoms with Gasteiger partial charge in [-0.25, -0.2) is 0 Å². The number of carbonyl (C=O) groups is 3. The van der Waals surface area contributed by atoms with Gasteiger partial charge in [0.15, 0.2) is 6.10 Å². The van der Waals surface area contributed by atoms with Gasteiger partial charge < -0.3 is 14.2 Å². The van der Waals surface area contributed by atoms with E-state index in [-0.39, 0.29) is 38.0 Å². The summed E-state index contributed by atoms with van der Waals surface area (Å²) in [6, 6.07) is 0. The molecule has 0 heterocycles. The number of esters is 3. The molecular formula is C55H82O6. The summed E-state index contributed by atoms with van der Waals surface area (Å²) in [7, 11) is 0. The van der Waals surface area contributed by atoms with Crippen molar-refractivity contribution in [2.75, 3.05) is 13.2 Å². The van der Waals surface area contributed by atoms with Crippen LogP contribution in [0.1, 0.15) is 162 Å². The van der Waals surface area contributed by atoms with Crippen molar-refractivity contribution in [1.82, 2.24) is 0 Å². The first kappa shape index (κ1) is 56.3. The Hall–Kier alpha value is -4.71. The first-order chi connectivity index (χ1) is 30.0. The fourth-order valence-electron chi connectivity index (χ4n) is 5.55. The average Bonchev–Trinajstić information content (AvgIpc) is 3.26. The van der Waals surface area contributed by atoms with Gasteiger partial charge in [0.2, 0.25) is 0 Å². The molecule has 0 saturated heterocycles. The minimum atomic E-state index is -0.846. The van der Waals surface area contributed by atoms with E-state index in [1.54, 1.807) is 0 Å². The molecule has 0 spiro atoms. The summed E-state index contributed by atoms with van der Waals surface area (Å²) in [6.45, 7) is 6.18. The molecule has 61 heavy (non-hydrogen) atoms. The van der Waals surface area contributed by atoms with Crippen molar-refractivity contribution in [1.29, 1.82) is 0 Å². The predicted octanol–water partition coefficient (Wildman–Crippen LogP) is 15.3. The Kier molecular flexibility index (Phi) is 44.3. The lowest BCUT2D eigenvalue weighted by molar-refractivity contribution is -0.167. The standard InChI is InChI=1S/C55H82O6/c1-4-7-10-13-16-19-22-25-26-27-28-29-31-33-36-39-42-45-48-54(57)60-51-52(50-59-53(56)47-44-41-38-35-32-24-21-18-15-12-9-6-3)61-55(58)49-46-43-40-37-34-30-23-20-17-14-11-8-5-2/h8-9,11-12,14,16-23,25-30,32,34-35,37,40,52H,4-7,10,13,15,24,31,33,36,38-39,41-51H2,1-3H3/b11-8-,12-9-,17-14-,19-16-,21-18-,23-20-,25-22-,27-26-,29-28-,34-30-,35-32-,40-37-. The molecule has 0 amide bonds. The molecule has 0 aromatic rings. The van der Waals surface area contributed by atoms with E-state index in [0.717, 1.165) is 83.5 Å². The van der Waals surface area contributed by atoms with Crippen LogP contribution >= 0.6 is 0 Å². The topological polar surface area (TPSA) is 78.9 Å². The molecule has 0 bridgehead atoms. The summed E-state index contributed by atoms with van der Waals surface area (Å²) < 4.78 is 16.6. The Bertz CT molecular complexity index is 1430. The number of rotatable bonds is 39. The second-order valence-electron chi connectivity index (χ2n) is 14.8. The molecule has 6 nitrogen and oxygen atoms in total. The molecule has 0 N–H and O–H groups in total. The lowest BCUT2D eigenvalue weighted by atomic mass is 10.1. The summed E-state index contributed by atoms with van der Waals surface area (Å²) in [5.74, 6) is -1.09. The molecule has 0 aromatic carbocycles. The van der Waals surface area contributed by atoms with E-state index in [9.17, 15) is 14.4 Å². The molecule has 1 unspecified atom stereocenters. The quantitative estimate of drug-likeness (QED) is 0.0202. The zero-order valence-electron chi connectivity index (χ0n) is 38.4. The highest BCUT2D eigenvalue weighted by molar-refractivity contribution is 5.71. The molecule has 1 atom stereocenters. The number of carbonyl (C=O) groups excluding carboxylic acids is 3. The molecule has 338 valence electrons. The van der Waals surface area contributed by atoms with Crippen molar-refractivity contribution in [2.45, 2.75) is 168 Å². The predicted molar refractivity (Wildman–Crippen MR) is 260 cm³/mol. The smallest absolute Gasteiger partial charge is 0.306 e. The van der Waals surface area contributed by atoms with Crippen LogP contribution in [0.25, 0.3) is 0 Å². The maximum atomic E-state index is 12.7. The molecular weight excluding hydrogens is 757 g/mol. The van der Waals surface area contributed by atoms with Gasteiger partial charge in [0, 0.05) is 19.3 Å². The maximum Gasteiger partial charge on any atom is 0.306 e. The average molecular weight is 839 g/mol. The first-order valence-corrected chi connectivity index (χ1v) is 23.5. The van der Waals surface area contributed by atoms with Crippen LogP contribution in [0.2, 0.25) is 0 Å². The highest BCUT2D eigenvalue weighted by Crippen LogP contribution is 2.11. The summed E-state index contributed by atoms with van der Waals surface area (Å²) in [5, 5.41) is 0. The van der Waals surface area contributed by atoms with E-state index < -0.39 is 12.1 Å². The third kappa shape index (κ3) is 46.2. The lowest BCUT2D eigenvalue weighted by Gasteiger charge is -2.18. The number of hydrogen-bond donors (Lipinski definition) is 0. The van der Waals surface area contributed by atoms with Gasteiger partial charge >= 0.3 is 17.9 Å². The monoisotopic (exact) mass is 839 g/mol. The summed E-state index contributed by atoms with van der Waals surface area (Å²) in [6.07, 6.45) is 68.4. The second kappa shape index (κ2) is 48.0. The maximum absolute atomic E-state index is 12.7. The van der Waals surface area contributed by atoms with Crippen LogP contribution in [0.5, 0.6) is 0 Å². The molecule has 0 aromatic heterocycles. The van der Waals surface area contributed by atoms with Crippen molar-refractivity contribution < 1.29 is 28.6 Å². The summed E-state index contributed by atoms with van der Waals surface area (Å²) in [4.78, 5) is 37.8. The van der Waals surface area contributed by atoms with Crippen LogP contribution in [0, 0.1) is 0 Å². The molecule has 0 radical (unpaired) electrons. The fraction of sp³-hybridized carbons (Fsp3) is 0.509. The Balaban J connectivity index is 4.61. The van der Waals surface area contributed by atoms with Gasteiger partial charge in [-0.2, -0.15) is 0 Å². The number of ether oxygens (including phenoxy) is 3. The van der Waals surface area contributed by atoms with Gasteiger partial charge in [-0.1, -0.05) is 199 Å². The third-order valence-electron chi connectivity index (χ3n) is 9.03. The zero-order valence-corrected chi connectivity index (χ0v) is 38.4. The van der Waals surface area contributed by atoms with Gasteiger partial charge in [-0.15, -0.1) is 0 Å². The Morgan fingerprint density at radius 2 is 0.738 bits per heavy atom. The molecule has 0 rings (SSSR count). The van der Waals surface area contributed by atoms with Gasteiger partial charge in [0.25, 0.3) is 0 Å². The molecule has 0 aliphatic rings. The second-order valence-corrected chi connectivity index (χ2v) is 14.8. The molecule has 6 heteroatoms. The van der Waals surface area contributed by atoms with Crippen LogP contribution in [-0.4, -0.2) is 37.2 Å². The third-order valence-corrected chi connectivity index (χ3v) is 9.03. The van der Waals surface area contributed by atoms with E-state index in [4.69, 9.17) is 14.2 Å². The Morgan fingerprint density at radius 3 is 1.28 bits per heavy atom.